The maximum atomic E-state index is 13.3. The van der Waals surface area contributed by atoms with Crippen molar-refractivity contribution in [2.24, 2.45) is 0 Å². The summed E-state index contributed by atoms with van der Waals surface area (Å²) in [5.41, 5.74) is 1.21. The van der Waals surface area contributed by atoms with Crippen molar-refractivity contribution >= 4 is 5.91 Å². The number of nitrogens with zero attached hydrogens (tertiary/aromatic N) is 1. The number of carbonyl (C=O) groups is 1. The number of carbonyl (C=O) groups excluding carboxylic acids is 1. The zero-order chi connectivity index (χ0) is 19.3. The zero-order valence-electron chi connectivity index (χ0n) is 16.3. The lowest BCUT2D eigenvalue weighted by molar-refractivity contribution is 0.0558. The molecule has 1 amide bonds. The molecule has 0 unspecified atom stereocenters. The van der Waals surface area contributed by atoms with Crippen molar-refractivity contribution in [1.29, 1.82) is 0 Å². The van der Waals surface area contributed by atoms with Gasteiger partial charge in [0.2, 0.25) is 5.75 Å². The number of benzene rings is 2. The Balaban J connectivity index is 2.45. The molecule has 0 aliphatic rings. The average molecular weight is 357 g/mol. The molecule has 0 heterocycles. The van der Waals surface area contributed by atoms with Crippen LogP contribution in [0.4, 0.5) is 0 Å². The van der Waals surface area contributed by atoms with E-state index in [9.17, 15) is 4.79 Å². The summed E-state index contributed by atoms with van der Waals surface area (Å²) < 4.78 is 16.1. The van der Waals surface area contributed by atoms with E-state index in [1.165, 1.54) is 14.2 Å². The molecular weight excluding hydrogens is 330 g/mol. The van der Waals surface area contributed by atoms with Gasteiger partial charge in [0.25, 0.3) is 5.91 Å². The maximum Gasteiger partial charge on any atom is 0.254 e. The molecule has 0 saturated heterocycles. The van der Waals surface area contributed by atoms with Gasteiger partial charge in [0.05, 0.1) is 21.3 Å². The quantitative estimate of drug-likeness (QED) is 0.779. The van der Waals surface area contributed by atoms with Crippen LogP contribution < -0.4 is 14.2 Å². The van der Waals surface area contributed by atoms with Gasteiger partial charge in [-0.3, -0.25) is 4.79 Å². The molecule has 0 N–H and O–H groups in total. The Kier molecular flexibility index (Phi) is 6.14. The van der Waals surface area contributed by atoms with Gasteiger partial charge in [0, 0.05) is 17.6 Å². The van der Waals surface area contributed by atoms with Crippen LogP contribution in [0, 0.1) is 0 Å². The molecule has 26 heavy (non-hydrogen) atoms. The summed E-state index contributed by atoms with van der Waals surface area (Å²) in [7, 11) is 4.62. The van der Waals surface area contributed by atoms with E-state index in [2.05, 4.69) is 0 Å². The van der Waals surface area contributed by atoms with Gasteiger partial charge in [-0.15, -0.1) is 0 Å². The highest BCUT2D eigenvalue weighted by atomic mass is 16.5. The molecule has 140 valence electrons. The van der Waals surface area contributed by atoms with Gasteiger partial charge in [-0.25, -0.2) is 0 Å². The lowest BCUT2D eigenvalue weighted by atomic mass is 10.0. The number of rotatable bonds is 6. The molecule has 0 aromatic heterocycles. The van der Waals surface area contributed by atoms with Crippen molar-refractivity contribution in [3.05, 3.63) is 53.6 Å². The molecule has 0 radical (unpaired) electrons. The first-order valence-electron chi connectivity index (χ1n) is 8.47. The second-order valence-electron chi connectivity index (χ2n) is 6.96. The van der Waals surface area contributed by atoms with Crippen molar-refractivity contribution in [3.63, 3.8) is 0 Å². The summed E-state index contributed by atoms with van der Waals surface area (Å²) in [6.45, 7) is 6.57. The smallest absolute Gasteiger partial charge is 0.254 e. The van der Waals surface area contributed by atoms with Crippen LogP contribution in [-0.4, -0.2) is 37.7 Å². The molecule has 2 rings (SSSR count). The van der Waals surface area contributed by atoms with E-state index in [4.69, 9.17) is 14.2 Å². The van der Waals surface area contributed by atoms with E-state index < -0.39 is 0 Å². The molecule has 0 aliphatic carbocycles. The second kappa shape index (κ2) is 8.13. The van der Waals surface area contributed by atoms with Crippen molar-refractivity contribution < 1.29 is 19.0 Å². The number of hydrogen-bond acceptors (Lipinski definition) is 4. The summed E-state index contributed by atoms with van der Waals surface area (Å²) in [4.78, 5) is 15.1. The van der Waals surface area contributed by atoms with Crippen LogP contribution >= 0.6 is 0 Å². The van der Waals surface area contributed by atoms with Gasteiger partial charge in [-0.2, -0.15) is 0 Å². The molecule has 0 bridgehead atoms. The molecule has 0 atom stereocenters. The largest absolute Gasteiger partial charge is 0.493 e. The van der Waals surface area contributed by atoms with E-state index in [-0.39, 0.29) is 11.4 Å². The van der Waals surface area contributed by atoms with Gasteiger partial charge in [0.15, 0.2) is 11.5 Å². The highest BCUT2D eigenvalue weighted by Crippen LogP contribution is 2.39. The Morgan fingerprint density at radius 2 is 1.46 bits per heavy atom. The standard InChI is InChI=1S/C21H27NO4/c1-21(2,3)22(14-15-10-8-7-9-11-15)20(23)16-12-17(24-4)19(26-6)18(13-16)25-5/h7-13H,14H2,1-6H3. The highest BCUT2D eigenvalue weighted by Gasteiger charge is 2.29. The van der Waals surface area contributed by atoms with Crippen LogP contribution in [0.15, 0.2) is 42.5 Å². The number of amides is 1. The van der Waals surface area contributed by atoms with Gasteiger partial charge < -0.3 is 19.1 Å². The van der Waals surface area contributed by atoms with E-state index in [0.29, 0.717) is 29.4 Å². The lowest BCUT2D eigenvalue weighted by Crippen LogP contribution is -2.45. The third kappa shape index (κ3) is 4.28. The summed E-state index contributed by atoms with van der Waals surface area (Å²) >= 11 is 0. The first-order valence-corrected chi connectivity index (χ1v) is 8.47. The van der Waals surface area contributed by atoms with E-state index in [0.717, 1.165) is 5.56 Å². The fourth-order valence-electron chi connectivity index (χ4n) is 2.74. The SMILES string of the molecule is COc1cc(C(=O)N(Cc2ccccc2)C(C)(C)C)cc(OC)c1OC. The summed E-state index contributed by atoms with van der Waals surface area (Å²) in [5, 5.41) is 0. The molecule has 2 aromatic carbocycles. The zero-order valence-corrected chi connectivity index (χ0v) is 16.3. The Hall–Kier alpha value is -2.69. The van der Waals surface area contributed by atoms with Crippen LogP contribution in [0.3, 0.4) is 0 Å². The third-order valence-corrected chi connectivity index (χ3v) is 4.15. The predicted octanol–water partition coefficient (Wildman–Crippen LogP) is 4.15. The average Bonchev–Trinajstić information content (AvgIpc) is 2.64. The summed E-state index contributed by atoms with van der Waals surface area (Å²) in [6, 6.07) is 13.3. The highest BCUT2D eigenvalue weighted by molar-refractivity contribution is 5.96. The molecule has 0 fully saturated rings. The molecule has 0 saturated carbocycles. The van der Waals surface area contributed by atoms with Gasteiger partial charge >= 0.3 is 0 Å². The number of ether oxygens (including phenoxy) is 3. The van der Waals surface area contributed by atoms with E-state index in [1.807, 2.05) is 56.0 Å². The molecule has 0 aliphatic heterocycles. The van der Waals surface area contributed by atoms with Crippen LogP contribution in [0.25, 0.3) is 0 Å². The molecule has 5 nitrogen and oxygen atoms in total. The van der Waals surface area contributed by atoms with Crippen molar-refractivity contribution in [3.8, 4) is 17.2 Å². The molecule has 2 aromatic rings. The Morgan fingerprint density at radius 1 is 0.923 bits per heavy atom. The Labute approximate surface area is 155 Å². The Bertz CT molecular complexity index is 725. The summed E-state index contributed by atoms with van der Waals surface area (Å²) in [5.74, 6) is 1.30. The van der Waals surface area contributed by atoms with Gasteiger partial charge in [-0.05, 0) is 38.5 Å². The van der Waals surface area contributed by atoms with Gasteiger partial charge in [-0.1, -0.05) is 30.3 Å². The molecular formula is C21H27NO4. The minimum atomic E-state index is -0.354. The fourth-order valence-corrected chi connectivity index (χ4v) is 2.74. The van der Waals surface area contributed by atoms with E-state index in [1.54, 1.807) is 19.2 Å². The second-order valence-corrected chi connectivity index (χ2v) is 6.96. The minimum Gasteiger partial charge on any atom is -0.493 e. The van der Waals surface area contributed by atoms with Crippen molar-refractivity contribution in [2.75, 3.05) is 21.3 Å². The Morgan fingerprint density at radius 3 is 1.88 bits per heavy atom. The lowest BCUT2D eigenvalue weighted by Gasteiger charge is -2.36. The topological polar surface area (TPSA) is 48.0 Å². The van der Waals surface area contributed by atoms with Crippen LogP contribution in [0.5, 0.6) is 17.2 Å². The maximum absolute atomic E-state index is 13.3. The first-order chi connectivity index (χ1) is 12.3. The number of hydrogen-bond donors (Lipinski definition) is 0. The molecule has 0 spiro atoms. The third-order valence-electron chi connectivity index (χ3n) is 4.15. The number of methoxy groups -OCH3 is 3. The normalized spacial score (nSPS) is 11.0. The van der Waals surface area contributed by atoms with Crippen LogP contribution in [-0.2, 0) is 6.54 Å². The monoisotopic (exact) mass is 357 g/mol. The first kappa shape index (κ1) is 19.6. The van der Waals surface area contributed by atoms with Gasteiger partial charge in [0.1, 0.15) is 0 Å². The fraction of sp³-hybridized carbons (Fsp3) is 0.381. The molecule has 5 heteroatoms. The van der Waals surface area contributed by atoms with Crippen molar-refractivity contribution in [1.82, 2.24) is 4.90 Å². The van der Waals surface area contributed by atoms with E-state index >= 15 is 0 Å². The van der Waals surface area contributed by atoms with Crippen LogP contribution in [0.1, 0.15) is 36.7 Å². The predicted molar refractivity (Wildman–Crippen MR) is 102 cm³/mol. The summed E-state index contributed by atoms with van der Waals surface area (Å²) in [6.07, 6.45) is 0. The van der Waals surface area contributed by atoms with Crippen molar-refractivity contribution in [2.45, 2.75) is 32.9 Å². The minimum absolute atomic E-state index is 0.0967. The van der Waals surface area contributed by atoms with Crippen LogP contribution in [0.2, 0.25) is 0 Å².